The highest BCUT2D eigenvalue weighted by atomic mass is 79.9. The summed E-state index contributed by atoms with van der Waals surface area (Å²) >= 11 is 3.43. The zero-order chi connectivity index (χ0) is 10.5. The number of benzene rings is 1. The first-order valence-electron chi connectivity index (χ1n) is 5.57. The highest BCUT2D eigenvalue weighted by Crippen LogP contribution is 2.69. The molecule has 80 valence electrons. The maximum Gasteiger partial charge on any atom is 0.121 e. The van der Waals surface area contributed by atoms with Gasteiger partial charge in [0.25, 0.3) is 0 Å². The molecule has 0 bridgehead atoms. The molecule has 0 aromatic heterocycles. The lowest BCUT2D eigenvalue weighted by atomic mass is 10.4. The SMILES string of the molecule is O=P(c1ccc(Br)cc1)(C1CC1)C1CC1. The highest BCUT2D eigenvalue weighted by Gasteiger charge is 2.51. The normalized spacial score (nSPS) is 21.7. The Morgan fingerprint density at radius 2 is 1.47 bits per heavy atom. The van der Waals surface area contributed by atoms with E-state index in [9.17, 15) is 4.57 Å². The van der Waals surface area contributed by atoms with Crippen LogP contribution in [0.15, 0.2) is 28.7 Å². The first-order chi connectivity index (χ1) is 7.21. The Hall–Kier alpha value is -0.0700. The van der Waals surface area contributed by atoms with E-state index in [2.05, 4.69) is 28.1 Å². The number of rotatable bonds is 3. The maximum atomic E-state index is 13.0. The van der Waals surface area contributed by atoms with E-state index in [4.69, 9.17) is 0 Å². The standard InChI is InChI=1S/C12H14BrOP/c13-9-1-3-10(4-2-9)15(14,11-5-6-11)12-7-8-12/h1-4,11-12H,5-8H2. The number of hydrogen-bond acceptors (Lipinski definition) is 1. The molecule has 1 aromatic carbocycles. The van der Waals surface area contributed by atoms with Crippen LogP contribution in [0, 0.1) is 0 Å². The monoisotopic (exact) mass is 284 g/mol. The fraction of sp³-hybridized carbons (Fsp3) is 0.500. The summed E-state index contributed by atoms with van der Waals surface area (Å²) in [4.78, 5) is 0. The molecule has 15 heavy (non-hydrogen) atoms. The molecular weight excluding hydrogens is 271 g/mol. The molecule has 3 heteroatoms. The number of halogens is 1. The van der Waals surface area contributed by atoms with Gasteiger partial charge in [-0.25, -0.2) is 0 Å². The van der Waals surface area contributed by atoms with Crippen LogP contribution in [0.2, 0.25) is 0 Å². The lowest BCUT2D eigenvalue weighted by molar-refractivity contribution is 0.579. The first-order valence-corrected chi connectivity index (χ1v) is 8.20. The summed E-state index contributed by atoms with van der Waals surface area (Å²) in [7, 11) is -2.03. The van der Waals surface area contributed by atoms with Crippen molar-refractivity contribution in [1.82, 2.24) is 0 Å². The van der Waals surface area contributed by atoms with Crippen molar-refractivity contribution in [3.8, 4) is 0 Å². The van der Waals surface area contributed by atoms with Crippen LogP contribution in [0.5, 0.6) is 0 Å². The molecule has 3 rings (SSSR count). The zero-order valence-corrected chi connectivity index (χ0v) is 11.0. The van der Waals surface area contributed by atoms with Gasteiger partial charge in [-0.3, -0.25) is 0 Å². The molecule has 2 saturated carbocycles. The van der Waals surface area contributed by atoms with Gasteiger partial charge in [-0.2, -0.15) is 0 Å². The van der Waals surface area contributed by atoms with Gasteiger partial charge in [0.15, 0.2) is 0 Å². The molecule has 0 saturated heterocycles. The van der Waals surface area contributed by atoms with Gasteiger partial charge >= 0.3 is 0 Å². The number of hydrogen-bond donors (Lipinski definition) is 0. The molecule has 2 aliphatic rings. The van der Waals surface area contributed by atoms with E-state index in [1.165, 1.54) is 25.7 Å². The topological polar surface area (TPSA) is 17.1 Å². The molecule has 0 aliphatic heterocycles. The van der Waals surface area contributed by atoms with Gasteiger partial charge < -0.3 is 4.57 Å². The van der Waals surface area contributed by atoms with Crippen molar-refractivity contribution < 1.29 is 4.57 Å². The molecule has 0 radical (unpaired) electrons. The molecule has 0 atom stereocenters. The predicted octanol–water partition coefficient (Wildman–Crippen LogP) is 3.76. The van der Waals surface area contributed by atoms with Crippen LogP contribution < -0.4 is 5.30 Å². The van der Waals surface area contributed by atoms with E-state index >= 15 is 0 Å². The Kier molecular flexibility index (Phi) is 2.33. The van der Waals surface area contributed by atoms with Crippen molar-refractivity contribution in [3.63, 3.8) is 0 Å². The summed E-state index contributed by atoms with van der Waals surface area (Å²) in [5.41, 5.74) is 1.04. The quantitative estimate of drug-likeness (QED) is 0.773. The summed E-state index contributed by atoms with van der Waals surface area (Å²) < 4.78 is 14.1. The summed E-state index contributed by atoms with van der Waals surface area (Å²) in [5.74, 6) is 0. The van der Waals surface area contributed by atoms with E-state index in [1.54, 1.807) is 0 Å². The van der Waals surface area contributed by atoms with Gasteiger partial charge in [0.05, 0.1) is 0 Å². The minimum Gasteiger partial charge on any atom is -0.318 e. The van der Waals surface area contributed by atoms with Crippen LogP contribution in [-0.2, 0) is 4.57 Å². The Bertz CT molecular complexity index is 402. The summed E-state index contributed by atoms with van der Waals surface area (Å²) in [6, 6.07) is 8.16. The molecule has 0 amide bonds. The van der Waals surface area contributed by atoms with E-state index in [0.29, 0.717) is 11.3 Å². The Labute approximate surface area is 98.8 Å². The van der Waals surface area contributed by atoms with Gasteiger partial charge in [0.2, 0.25) is 0 Å². The van der Waals surface area contributed by atoms with Gasteiger partial charge in [-0.15, -0.1) is 0 Å². The lowest BCUT2D eigenvalue weighted by Crippen LogP contribution is -2.11. The van der Waals surface area contributed by atoms with Gasteiger partial charge in [-0.05, 0) is 37.8 Å². The molecule has 0 unspecified atom stereocenters. The molecule has 2 aliphatic carbocycles. The minimum absolute atomic E-state index is 0.520. The highest BCUT2D eigenvalue weighted by molar-refractivity contribution is 9.10. The maximum absolute atomic E-state index is 13.0. The first kappa shape index (κ1) is 10.1. The third-order valence-electron chi connectivity index (χ3n) is 3.41. The van der Waals surface area contributed by atoms with Gasteiger partial charge in [-0.1, -0.05) is 28.1 Å². The summed E-state index contributed by atoms with van der Waals surface area (Å²) in [5, 5.41) is 1.12. The third-order valence-corrected chi connectivity index (χ3v) is 8.25. The van der Waals surface area contributed by atoms with Crippen molar-refractivity contribution in [3.05, 3.63) is 28.7 Å². The van der Waals surface area contributed by atoms with Gasteiger partial charge in [0, 0.05) is 21.1 Å². The minimum atomic E-state index is -2.03. The second-order valence-corrected chi connectivity index (χ2v) is 8.96. The van der Waals surface area contributed by atoms with Crippen LogP contribution in [0.4, 0.5) is 0 Å². The smallest absolute Gasteiger partial charge is 0.121 e. The van der Waals surface area contributed by atoms with Crippen LogP contribution in [0.1, 0.15) is 25.7 Å². The third kappa shape index (κ3) is 1.72. The second-order valence-electron chi connectivity index (χ2n) is 4.65. The summed E-state index contributed by atoms with van der Waals surface area (Å²) in [6.07, 6.45) is 4.74. The predicted molar refractivity (Wildman–Crippen MR) is 67.4 cm³/mol. The molecule has 0 N–H and O–H groups in total. The fourth-order valence-corrected chi connectivity index (χ4v) is 6.46. The van der Waals surface area contributed by atoms with Gasteiger partial charge in [0.1, 0.15) is 7.14 Å². The van der Waals surface area contributed by atoms with Crippen LogP contribution >= 0.6 is 23.1 Å². The molecule has 0 spiro atoms. The van der Waals surface area contributed by atoms with Crippen molar-refractivity contribution in [2.45, 2.75) is 37.0 Å². The Morgan fingerprint density at radius 3 is 1.87 bits per heavy atom. The average molecular weight is 285 g/mol. The van der Waals surface area contributed by atoms with Crippen molar-refractivity contribution in [1.29, 1.82) is 0 Å². The molecule has 2 fully saturated rings. The van der Waals surface area contributed by atoms with Crippen molar-refractivity contribution in [2.75, 3.05) is 0 Å². The van der Waals surface area contributed by atoms with E-state index < -0.39 is 7.14 Å². The molecule has 0 heterocycles. The lowest BCUT2D eigenvalue weighted by Gasteiger charge is -2.17. The van der Waals surface area contributed by atoms with Crippen LogP contribution in [0.25, 0.3) is 0 Å². The van der Waals surface area contributed by atoms with E-state index in [-0.39, 0.29) is 0 Å². The largest absolute Gasteiger partial charge is 0.318 e. The average Bonchev–Trinajstić information content (AvgIpc) is 3.07. The second kappa shape index (κ2) is 3.46. The Balaban J connectivity index is 2.01. The molecule has 1 aromatic rings. The van der Waals surface area contributed by atoms with Crippen molar-refractivity contribution >= 4 is 28.4 Å². The zero-order valence-electron chi connectivity index (χ0n) is 8.53. The molecular formula is C12H14BrOP. The summed E-state index contributed by atoms with van der Waals surface area (Å²) in [6.45, 7) is 0. The van der Waals surface area contributed by atoms with Crippen LogP contribution in [-0.4, -0.2) is 11.3 Å². The molecule has 1 nitrogen and oxygen atoms in total. The van der Waals surface area contributed by atoms with Crippen molar-refractivity contribution in [2.24, 2.45) is 0 Å². The fourth-order valence-electron chi connectivity index (χ4n) is 2.31. The van der Waals surface area contributed by atoms with E-state index in [1.807, 2.05) is 12.1 Å². The van der Waals surface area contributed by atoms with Crippen LogP contribution in [0.3, 0.4) is 0 Å². The van der Waals surface area contributed by atoms with E-state index in [0.717, 1.165) is 9.78 Å². The Morgan fingerprint density at radius 1 is 1.00 bits per heavy atom.